The smallest absolute Gasteiger partial charge is 0.220 e. The summed E-state index contributed by atoms with van der Waals surface area (Å²) in [5.74, 6) is 0.635. The quantitative estimate of drug-likeness (QED) is 0.526. The normalized spacial score (nSPS) is 14.7. The highest BCUT2D eigenvalue weighted by molar-refractivity contribution is 7.98. The first-order valence-corrected chi connectivity index (χ1v) is 6.54. The van der Waals surface area contributed by atoms with Gasteiger partial charge in [-0.1, -0.05) is 0 Å². The summed E-state index contributed by atoms with van der Waals surface area (Å²) in [7, 11) is 1.86. The lowest BCUT2D eigenvalue weighted by molar-refractivity contribution is -0.122. The SMILES string of the molecule is CNCCCC(=O)NCC(C)(O)CSC. The fourth-order valence-electron chi connectivity index (χ4n) is 1.17. The monoisotopic (exact) mass is 234 g/mol. The van der Waals surface area contributed by atoms with E-state index in [1.54, 1.807) is 18.7 Å². The van der Waals surface area contributed by atoms with Crippen LogP contribution in [-0.4, -0.2) is 48.8 Å². The molecule has 0 aromatic rings. The van der Waals surface area contributed by atoms with Crippen LogP contribution in [0.1, 0.15) is 19.8 Å². The van der Waals surface area contributed by atoms with Crippen LogP contribution in [0.25, 0.3) is 0 Å². The van der Waals surface area contributed by atoms with Crippen LogP contribution in [0.5, 0.6) is 0 Å². The van der Waals surface area contributed by atoms with Crippen molar-refractivity contribution in [2.75, 3.05) is 32.1 Å². The van der Waals surface area contributed by atoms with Gasteiger partial charge in [0.05, 0.1) is 5.60 Å². The van der Waals surface area contributed by atoms with Gasteiger partial charge in [-0.15, -0.1) is 0 Å². The van der Waals surface area contributed by atoms with Gasteiger partial charge in [0.15, 0.2) is 0 Å². The van der Waals surface area contributed by atoms with Gasteiger partial charge >= 0.3 is 0 Å². The van der Waals surface area contributed by atoms with Gasteiger partial charge in [0, 0.05) is 18.7 Å². The molecule has 5 heteroatoms. The van der Waals surface area contributed by atoms with Crippen LogP contribution in [0.3, 0.4) is 0 Å². The standard InChI is InChI=1S/C10H22N2O2S/c1-10(14,8-15-3)7-12-9(13)5-4-6-11-2/h11,14H,4-8H2,1-3H3,(H,12,13). The van der Waals surface area contributed by atoms with Crippen molar-refractivity contribution in [2.45, 2.75) is 25.4 Å². The van der Waals surface area contributed by atoms with E-state index in [-0.39, 0.29) is 5.91 Å². The third kappa shape index (κ3) is 8.72. The van der Waals surface area contributed by atoms with E-state index in [0.29, 0.717) is 18.7 Å². The largest absolute Gasteiger partial charge is 0.387 e. The molecule has 4 nitrogen and oxygen atoms in total. The maximum Gasteiger partial charge on any atom is 0.220 e. The predicted octanol–water partition coefficient (Wildman–Crippen LogP) is 0.216. The molecule has 3 N–H and O–H groups in total. The summed E-state index contributed by atoms with van der Waals surface area (Å²) in [6.45, 7) is 2.90. The molecule has 15 heavy (non-hydrogen) atoms. The Labute approximate surface area is 96.2 Å². The number of nitrogens with one attached hydrogen (secondary N) is 2. The zero-order valence-electron chi connectivity index (χ0n) is 9.80. The van der Waals surface area contributed by atoms with Gasteiger partial charge in [0.25, 0.3) is 0 Å². The summed E-state index contributed by atoms with van der Waals surface area (Å²) in [5.41, 5.74) is -0.807. The Bertz CT molecular complexity index is 186. The Morgan fingerprint density at radius 2 is 2.20 bits per heavy atom. The van der Waals surface area contributed by atoms with Crippen molar-refractivity contribution in [1.29, 1.82) is 0 Å². The lowest BCUT2D eigenvalue weighted by Gasteiger charge is -2.22. The topological polar surface area (TPSA) is 61.4 Å². The number of aliphatic hydroxyl groups is 1. The van der Waals surface area contributed by atoms with E-state index in [9.17, 15) is 9.90 Å². The summed E-state index contributed by atoms with van der Waals surface area (Å²) in [5, 5.41) is 15.5. The summed E-state index contributed by atoms with van der Waals surface area (Å²) in [6, 6.07) is 0. The Morgan fingerprint density at radius 3 is 2.73 bits per heavy atom. The van der Waals surface area contributed by atoms with Crippen LogP contribution in [0.2, 0.25) is 0 Å². The first-order chi connectivity index (χ1) is 7.02. The number of carbonyl (C=O) groups excluding carboxylic acids is 1. The van der Waals surface area contributed by atoms with Crippen molar-refractivity contribution in [2.24, 2.45) is 0 Å². The van der Waals surface area contributed by atoms with Gasteiger partial charge in [-0.3, -0.25) is 4.79 Å². The number of thioether (sulfide) groups is 1. The van der Waals surface area contributed by atoms with E-state index in [4.69, 9.17) is 0 Å². The van der Waals surface area contributed by atoms with E-state index in [0.717, 1.165) is 13.0 Å². The van der Waals surface area contributed by atoms with Gasteiger partial charge in [-0.2, -0.15) is 11.8 Å². The summed E-state index contributed by atoms with van der Waals surface area (Å²) < 4.78 is 0. The zero-order valence-corrected chi connectivity index (χ0v) is 10.6. The van der Waals surface area contributed by atoms with Crippen LogP contribution < -0.4 is 10.6 Å². The summed E-state index contributed by atoms with van der Waals surface area (Å²) >= 11 is 1.57. The van der Waals surface area contributed by atoms with Crippen LogP contribution >= 0.6 is 11.8 Å². The molecular formula is C10H22N2O2S. The molecule has 0 heterocycles. The summed E-state index contributed by atoms with van der Waals surface area (Å²) in [6.07, 6.45) is 3.27. The second kappa shape index (κ2) is 7.96. The molecule has 0 bridgehead atoms. The lowest BCUT2D eigenvalue weighted by atomic mass is 10.1. The predicted molar refractivity (Wildman–Crippen MR) is 65.2 cm³/mol. The Kier molecular flexibility index (Phi) is 7.82. The average molecular weight is 234 g/mol. The molecule has 0 aliphatic heterocycles. The molecule has 0 aromatic heterocycles. The first-order valence-electron chi connectivity index (χ1n) is 5.14. The highest BCUT2D eigenvalue weighted by atomic mass is 32.2. The fourth-order valence-corrected chi connectivity index (χ4v) is 1.89. The van der Waals surface area contributed by atoms with Crippen LogP contribution in [0, 0.1) is 0 Å². The van der Waals surface area contributed by atoms with Crippen molar-refractivity contribution in [3.05, 3.63) is 0 Å². The second-order valence-corrected chi connectivity index (χ2v) is 4.78. The Balaban J connectivity index is 3.60. The molecule has 1 unspecified atom stereocenters. The van der Waals surface area contributed by atoms with Gasteiger partial charge in [0.2, 0.25) is 5.91 Å². The molecule has 0 fully saturated rings. The van der Waals surface area contributed by atoms with Crippen molar-refractivity contribution < 1.29 is 9.90 Å². The van der Waals surface area contributed by atoms with Crippen LogP contribution in [-0.2, 0) is 4.79 Å². The molecular weight excluding hydrogens is 212 g/mol. The van der Waals surface area contributed by atoms with Gasteiger partial charge in [-0.25, -0.2) is 0 Å². The molecule has 0 radical (unpaired) electrons. The summed E-state index contributed by atoms with van der Waals surface area (Å²) in [4.78, 5) is 11.3. The van der Waals surface area contributed by atoms with E-state index in [1.165, 1.54) is 0 Å². The van der Waals surface area contributed by atoms with Crippen LogP contribution in [0.4, 0.5) is 0 Å². The number of carbonyl (C=O) groups is 1. The highest BCUT2D eigenvalue weighted by Gasteiger charge is 2.19. The van der Waals surface area contributed by atoms with Crippen molar-refractivity contribution >= 4 is 17.7 Å². The number of rotatable bonds is 8. The van der Waals surface area contributed by atoms with E-state index in [1.807, 2.05) is 13.3 Å². The second-order valence-electron chi connectivity index (χ2n) is 3.91. The molecule has 90 valence electrons. The molecule has 0 rings (SSSR count). The highest BCUT2D eigenvalue weighted by Crippen LogP contribution is 2.08. The van der Waals surface area contributed by atoms with Crippen molar-refractivity contribution in [3.8, 4) is 0 Å². The third-order valence-corrected chi connectivity index (χ3v) is 2.86. The van der Waals surface area contributed by atoms with Gasteiger partial charge in [0.1, 0.15) is 0 Å². The number of hydrogen-bond acceptors (Lipinski definition) is 4. The minimum absolute atomic E-state index is 0.00614. The molecule has 0 saturated heterocycles. The molecule has 0 aliphatic rings. The van der Waals surface area contributed by atoms with E-state index >= 15 is 0 Å². The Morgan fingerprint density at radius 1 is 1.53 bits per heavy atom. The number of amides is 1. The minimum atomic E-state index is -0.807. The first kappa shape index (κ1) is 14.7. The Hall–Kier alpha value is -0.260. The van der Waals surface area contributed by atoms with Gasteiger partial charge < -0.3 is 15.7 Å². The molecule has 1 atom stereocenters. The maximum absolute atomic E-state index is 11.3. The molecule has 0 spiro atoms. The average Bonchev–Trinajstić information content (AvgIpc) is 2.15. The zero-order chi connectivity index (χ0) is 11.7. The molecule has 0 aromatic carbocycles. The van der Waals surface area contributed by atoms with E-state index < -0.39 is 5.60 Å². The number of hydrogen-bond donors (Lipinski definition) is 3. The van der Waals surface area contributed by atoms with E-state index in [2.05, 4.69) is 10.6 Å². The third-order valence-electron chi connectivity index (χ3n) is 1.95. The molecule has 1 amide bonds. The lowest BCUT2D eigenvalue weighted by Crippen LogP contribution is -2.42. The fraction of sp³-hybridized carbons (Fsp3) is 0.900. The van der Waals surface area contributed by atoms with Crippen LogP contribution in [0.15, 0.2) is 0 Å². The minimum Gasteiger partial charge on any atom is -0.387 e. The molecule has 0 saturated carbocycles. The van der Waals surface area contributed by atoms with Crippen molar-refractivity contribution in [1.82, 2.24) is 10.6 Å². The maximum atomic E-state index is 11.3. The van der Waals surface area contributed by atoms with Crippen molar-refractivity contribution in [3.63, 3.8) is 0 Å². The van der Waals surface area contributed by atoms with Gasteiger partial charge in [-0.05, 0) is 33.2 Å². The molecule has 0 aliphatic carbocycles.